The van der Waals surface area contributed by atoms with E-state index in [1.807, 2.05) is 0 Å². The summed E-state index contributed by atoms with van der Waals surface area (Å²) in [5.74, 6) is 0. The Morgan fingerprint density at radius 3 is 2.00 bits per heavy atom. The molecule has 68 valence electrons. The zero-order chi connectivity index (χ0) is 9.27. The predicted molar refractivity (Wildman–Crippen MR) is 50.2 cm³/mol. The van der Waals surface area contributed by atoms with Crippen molar-refractivity contribution < 1.29 is 14.7 Å². The van der Waals surface area contributed by atoms with Crippen LogP contribution in [-0.4, -0.2) is 20.8 Å². The Labute approximate surface area is 71.5 Å². The van der Waals surface area contributed by atoms with E-state index in [0.717, 1.165) is 0 Å². The molecule has 0 atom stereocenters. The summed E-state index contributed by atoms with van der Waals surface area (Å²) in [4.78, 5) is 28.5. The van der Waals surface area contributed by atoms with E-state index in [9.17, 15) is 14.7 Å². The van der Waals surface area contributed by atoms with Crippen molar-refractivity contribution in [3.05, 3.63) is 30.3 Å². The second kappa shape index (κ2) is 2.79. The van der Waals surface area contributed by atoms with Crippen LogP contribution in [0.1, 0.15) is 6.92 Å². The van der Waals surface area contributed by atoms with Gasteiger partial charge in [-0.05, 0) is 0 Å². The summed E-state index contributed by atoms with van der Waals surface area (Å²) in [6.07, 6.45) is -0.0460. The number of benzene rings is 1. The zero-order valence-corrected chi connectivity index (χ0v) is 7.78. The molecule has 4 heteroatoms. The molecule has 3 nitrogen and oxygen atoms in total. The van der Waals surface area contributed by atoms with Crippen molar-refractivity contribution >= 4 is 12.6 Å². The summed E-state index contributed by atoms with van der Waals surface area (Å²) in [6, 6.07) is 8.11. The normalized spacial score (nSPS) is 15.2. The molecule has 0 unspecified atom stereocenters. The van der Waals surface area contributed by atoms with Gasteiger partial charge in [-0.15, -0.1) is 0 Å². The minimum atomic E-state index is -4.52. The molecule has 3 N–H and O–H groups in total. The van der Waals surface area contributed by atoms with Gasteiger partial charge in [0.1, 0.15) is 0 Å². The number of hydrogen-bond acceptors (Lipinski definition) is 3. The van der Waals surface area contributed by atoms with E-state index in [1.54, 1.807) is 25.1 Å². The third kappa shape index (κ3) is 1.82. The molecule has 0 amide bonds. The van der Waals surface area contributed by atoms with Gasteiger partial charge in [-0.1, -0.05) is 0 Å². The molecule has 0 aliphatic rings. The number of rotatable bonds is 2. The van der Waals surface area contributed by atoms with Gasteiger partial charge in [0.05, 0.1) is 0 Å². The van der Waals surface area contributed by atoms with Crippen LogP contribution in [-0.2, 0) is 0 Å². The van der Waals surface area contributed by atoms with E-state index in [4.69, 9.17) is 0 Å². The molecule has 1 aromatic carbocycles. The molecule has 0 saturated heterocycles. The minimum absolute atomic E-state index is 0.0460. The standard InChI is InChI=1S/C8H13O3P/c1-2-12(9,10,11)8-6-4-3-5-7-8/h3-7,9-11H,2H2,1H3. The van der Waals surface area contributed by atoms with Gasteiger partial charge < -0.3 is 0 Å². The Hall–Kier alpha value is -0.470. The van der Waals surface area contributed by atoms with Gasteiger partial charge in [0, 0.05) is 0 Å². The van der Waals surface area contributed by atoms with Crippen LogP contribution in [0.15, 0.2) is 30.3 Å². The van der Waals surface area contributed by atoms with Crippen LogP contribution < -0.4 is 5.30 Å². The summed E-state index contributed by atoms with van der Waals surface area (Å²) in [6.45, 7) is 1.55. The second-order valence-corrected chi connectivity index (χ2v) is 6.25. The third-order valence-corrected chi connectivity index (χ3v) is 4.39. The van der Waals surface area contributed by atoms with E-state index in [2.05, 4.69) is 0 Å². The van der Waals surface area contributed by atoms with Crippen molar-refractivity contribution in [2.24, 2.45) is 0 Å². The van der Waals surface area contributed by atoms with Gasteiger partial charge in [0.2, 0.25) is 0 Å². The predicted octanol–water partition coefficient (Wildman–Crippen LogP) is 0.607. The van der Waals surface area contributed by atoms with Crippen molar-refractivity contribution in [3.8, 4) is 0 Å². The maximum atomic E-state index is 9.50. The first kappa shape index (κ1) is 9.62. The molecular formula is C8H13O3P. The Bertz CT molecular complexity index is 263. The Morgan fingerprint density at radius 1 is 1.08 bits per heavy atom. The Kier molecular flexibility index (Phi) is 2.23. The van der Waals surface area contributed by atoms with Crippen LogP contribution in [0.3, 0.4) is 0 Å². The molecule has 0 saturated carbocycles. The summed E-state index contributed by atoms with van der Waals surface area (Å²) in [5, 5.41) is 0.214. The molecule has 12 heavy (non-hydrogen) atoms. The fourth-order valence-corrected chi connectivity index (χ4v) is 2.06. The van der Waals surface area contributed by atoms with Gasteiger partial charge >= 0.3 is 70.7 Å². The fourth-order valence-electron chi connectivity index (χ4n) is 0.916. The van der Waals surface area contributed by atoms with Crippen molar-refractivity contribution in [3.63, 3.8) is 0 Å². The molecular weight excluding hydrogens is 175 g/mol. The van der Waals surface area contributed by atoms with Crippen LogP contribution in [0.25, 0.3) is 0 Å². The van der Waals surface area contributed by atoms with E-state index in [0.29, 0.717) is 0 Å². The van der Waals surface area contributed by atoms with Crippen molar-refractivity contribution in [2.75, 3.05) is 6.16 Å². The summed E-state index contributed by atoms with van der Waals surface area (Å²) in [7, 11) is -4.52. The quantitative estimate of drug-likeness (QED) is 0.596. The summed E-state index contributed by atoms with van der Waals surface area (Å²) in [5.41, 5.74) is 0. The van der Waals surface area contributed by atoms with Crippen LogP contribution in [0.5, 0.6) is 0 Å². The molecule has 0 aromatic heterocycles. The molecule has 0 aliphatic heterocycles. The average Bonchev–Trinajstić information content (AvgIpc) is 2.06. The van der Waals surface area contributed by atoms with Crippen LogP contribution >= 0.6 is 7.28 Å². The van der Waals surface area contributed by atoms with Crippen LogP contribution in [0, 0.1) is 0 Å². The Morgan fingerprint density at radius 2 is 1.58 bits per heavy atom. The Balaban J connectivity index is 3.14. The van der Waals surface area contributed by atoms with Crippen molar-refractivity contribution in [1.29, 1.82) is 0 Å². The fraction of sp³-hybridized carbons (Fsp3) is 0.250. The first-order valence-electron chi connectivity index (χ1n) is 3.76. The molecule has 1 aromatic rings. The molecule has 0 heterocycles. The average molecular weight is 188 g/mol. The molecule has 0 aliphatic carbocycles. The van der Waals surface area contributed by atoms with Gasteiger partial charge in [-0.25, -0.2) is 0 Å². The van der Waals surface area contributed by atoms with E-state index >= 15 is 0 Å². The van der Waals surface area contributed by atoms with Crippen LogP contribution in [0.4, 0.5) is 0 Å². The van der Waals surface area contributed by atoms with E-state index in [-0.39, 0.29) is 11.5 Å². The van der Waals surface area contributed by atoms with E-state index < -0.39 is 7.28 Å². The molecule has 0 spiro atoms. The van der Waals surface area contributed by atoms with Crippen molar-refractivity contribution in [2.45, 2.75) is 6.92 Å². The van der Waals surface area contributed by atoms with Gasteiger partial charge in [0.25, 0.3) is 0 Å². The monoisotopic (exact) mass is 188 g/mol. The zero-order valence-electron chi connectivity index (χ0n) is 6.88. The van der Waals surface area contributed by atoms with Gasteiger partial charge in [-0.2, -0.15) is 0 Å². The first-order chi connectivity index (χ1) is 5.44. The molecule has 0 fully saturated rings. The molecule has 0 bridgehead atoms. The third-order valence-electron chi connectivity index (χ3n) is 1.87. The van der Waals surface area contributed by atoms with Crippen molar-refractivity contribution in [1.82, 2.24) is 0 Å². The molecule has 1 rings (SSSR count). The first-order valence-corrected chi connectivity index (χ1v) is 6.04. The van der Waals surface area contributed by atoms with Gasteiger partial charge in [0.15, 0.2) is 0 Å². The molecule has 0 radical (unpaired) electrons. The SMILES string of the molecule is CCP(O)(O)(O)c1ccccc1. The van der Waals surface area contributed by atoms with E-state index in [1.165, 1.54) is 12.1 Å². The second-order valence-electron chi connectivity index (χ2n) is 2.80. The number of hydrogen-bond donors (Lipinski definition) is 3. The maximum absolute atomic E-state index is 9.50. The van der Waals surface area contributed by atoms with Gasteiger partial charge in [-0.3, -0.25) is 0 Å². The summed E-state index contributed by atoms with van der Waals surface area (Å²) >= 11 is 0. The topological polar surface area (TPSA) is 60.7 Å². The summed E-state index contributed by atoms with van der Waals surface area (Å²) < 4.78 is 0. The van der Waals surface area contributed by atoms with Crippen LogP contribution in [0.2, 0.25) is 0 Å².